The second-order valence-corrected chi connectivity index (χ2v) is 6.86. The summed E-state index contributed by atoms with van der Waals surface area (Å²) >= 11 is 5.80. The number of halogens is 1. The van der Waals surface area contributed by atoms with Crippen LogP contribution >= 0.6 is 19.2 Å². The predicted molar refractivity (Wildman–Crippen MR) is 84.4 cm³/mol. The van der Waals surface area contributed by atoms with Crippen LogP contribution in [0.4, 0.5) is 0 Å². The van der Waals surface area contributed by atoms with Gasteiger partial charge in [0.1, 0.15) is 5.78 Å². The van der Waals surface area contributed by atoms with Gasteiger partial charge in [0.05, 0.1) is 0 Å². The third-order valence-electron chi connectivity index (χ3n) is 3.12. The van der Waals surface area contributed by atoms with Gasteiger partial charge in [-0.25, -0.2) is 0 Å². The summed E-state index contributed by atoms with van der Waals surface area (Å²) in [5, 5.41) is 3.47. The molecule has 0 fully saturated rings. The van der Waals surface area contributed by atoms with E-state index in [1.807, 2.05) is 30.3 Å². The first-order valence-corrected chi connectivity index (χ1v) is 8.61. The summed E-state index contributed by atoms with van der Waals surface area (Å²) < 4.78 is 11.7. The largest absolute Gasteiger partial charge is 0.346 e. The summed E-state index contributed by atoms with van der Waals surface area (Å²) in [6, 6.07) is 16.3. The van der Waals surface area contributed by atoms with Crippen molar-refractivity contribution < 1.29 is 14.4 Å². The van der Waals surface area contributed by atoms with Gasteiger partial charge in [-0.1, -0.05) is 54.1 Å². The van der Waals surface area contributed by atoms with Crippen molar-refractivity contribution in [3.8, 4) is 0 Å². The Morgan fingerprint density at radius 1 is 1.05 bits per heavy atom. The van der Waals surface area contributed by atoms with Crippen LogP contribution < -0.4 is 5.32 Å². The highest BCUT2D eigenvalue weighted by Gasteiger charge is 2.29. The van der Waals surface area contributed by atoms with Crippen LogP contribution in [-0.2, 0) is 11.0 Å². The van der Waals surface area contributed by atoms with Crippen LogP contribution in [0.15, 0.2) is 54.6 Å². The fourth-order valence-electron chi connectivity index (χ4n) is 2.07. The van der Waals surface area contributed by atoms with Crippen LogP contribution in [0.3, 0.4) is 0 Å². The molecule has 0 heterocycles. The van der Waals surface area contributed by atoms with Crippen molar-refractivity contribution in [3.05, 3.63) is 70.7 Å². The van der Waals surface area contributed by atoms with Crippen molar-refractivity contribution in [2.75, 3.05) is 6.54 Å². The van der Waals surface area contributed by atoms with E-state index in [4.69, 9.17) is 11.6 Å². The number of rotatable bonds is 6. The van der Waals surface area contributed by atoms with E-state index < -0.39 is 13.4 Å². The molecular formula is C15H17ClNO3P. The Bertz CT molecular complexity index is 613. The van der Waals surface area contributed by atoms with Gasteiger partial charge in [0.25, 0.3) is 0 Å². The zero-order valence-electron chi connectivity index (χ0n) is 11.3. The molecule has 2 aromatic rings. The van der Waals surface area contributed by atoms with Gasteiger partial charge in [0.2, 0.25) is 0 Å². The summed E-state index contributed by atoms with van der Waals surface area (Å²) in [6.45, 7) is 0.475. The first kappa shape index (κ1) is 16.2. The fourth-order valence-corrected chi connectivity index (χ4v) is 3.13. The van der Waals surface area contributed by atoms with Crippen LogP contribution in [0.5, 0.6) is 0 Å². The molecule has 0 bridgehead atoms. The maximum absolute atomic E-state index is 11.7. The molecule has 0 saturated heterocycles. The molecular weight excluding hydrogens is 309 g/mol. The number of benzene rings is 2. The minimum atomic E-state index is -4.29. The maximum Gasteiger partial charge on any atom is 0.346 e. The van der Waals surface area contributed by atoms with Crippen molar-refractivity contribution in [2.24, 2.45) is 0 Å². The molecule has 0 saturated carbocycles. The summed E-state index contributed by atoms with van der Waals surface area (Å²) in [4.78, 5) is 19.0. The van der Waals surface area contributed by atoms with E-state index >= 15 is 0 Å². The Hall–Kier alpha value is -1.16. The molecule has 0 unspecified atom stereocenters. The van der Waals surface area contributed by atoms with E-state index in [9.17, 15) is 14.4 Å². The second kappa shape index (κ2) is 7.21. The number of hydrogen-bond acceptors (Lipinski definition) is 2. The average molecular weight is 326 g/mol. The Kier molecular flexibility index (Phi) is 5.57. The fraction of sp³-hybridized carbons (Fsp3) is 0.200. The normalized spacial score (nSPS) is 13.1. The SMILES string of the molecule is O=P(O)(O)[C@H](NCCc1ccccc1)c1ccc(Cl)cc1. The highest BCUT2D eigenvalue weighted by molar-refractivity contribution is 7.52. The van der Waals surface area contributed by atoms with E-state index in [1.165, 1.54) is 0 Å². The van der Waals surface area contributed by atoms with E-state index in [0.29, 0.717) is 23.6 Å². The van der Waals surface area contributed by atoms with Crippen molar-refractivity contribution in [1.82, 2.24) is 5.32 Å². The summed E-state index contributed by atoms with van der Waals surface area (Å²) in [5.41, 5.74) is 1.64. The third kappa shape index (κ3) is 4.95. The van der Waals surface area contributed by atoms with E-state index in [-0.39, 0.29) is 0 Å². The maximum atomic E-state index is 11.7. The minimum absolute atomic E-state index is 0.475. The molecule has 0 aliphatic heterocycles. The molecule has 0 radical (unpaired) electrons. The standard InChI is InChI=1S/C15H17ClNO3P/c16-14-8-6-13(7-9-14)15(21(18,19)20)17-11-10-12-4-2-1-3-5-12/h1-9,15,17H,10-11H2,(H2,18,19,20)/t15-/m0/s1. The molecule has 2 aromatic carbocycles. The first-order valence-electron chi connectivity index (χ1n) is 6.55. The van der Waals surface area contributed by atoms with Crippen molar-refractivity contribution in [2.45, 2.75) is 12.2 Å². The van der Waals surface area contributed by atoms with Gasteiger partial charge in [0, 0.05) is 11.6 Å². The van der Waals surface area contributed by atoms with Crippen molar-refractivity contribution in [1.29, 1.82) is 0 Å². The summed E-state index contributed by atoms with van der Waals surface area (Å²) in [7, 11) is -4.29. The molecule has 1 atom stereocenters. The van der Waals surface area contributed by atoms with Gasteiger partial charge >= 0.3 is 7.60 Å². The first-order chi connectivity index (χ1) is 9.97. The van der Waals surface area contributed by atoms with Crippen LogP contribution in [0.25, 0.3) is 0 Å². The molecule has 0 aliphatic carbocycles. The Morgan fingerprint density at radius 2 is 1.67 bits per heavy atom. The monoisotopic (exact) mass is 325 g/mol. The lowest BCUT2D eigenvalue weighted by Crippen LogP contribution is -2.23. The third-order valence-corrected chi connectivity index (χ3v) is 4.52. The average Bonchev–Trinajstić information content (AvgIpc) is 2.45. The Morgan fingerprint density at radius 3 is 2.24 bits per heavy atom. The highest BCUT2D eigenvalue weighted by Crippen LogP contribution is 2.49. The lowest BCUT2D eigenvalue weighted by molar-refractivity contribution is 0.348. The van der Waals surface area contributed by atoms with Crippen LogP contribution in [-0.4, -0.2) is 16.3 Å². The molecule has 21 heavy (non-hydrogen) atoms. The number of hydrogen-bond donors (Lipinski definition) is 3. The second-order valence-electron chi connectivity index (χ2n) is 4.73. The molecule has 2 rings (SSSR count). The van der Waals surface area contributed by atoms with E-state index in [2.05, 4.69) is 5.32 Å². The zero-order chi connectivity index (χ0) is 15.3. The smallest absolute Gasteiger partial charge is 0.323 e. The quantitative estimate of drug-likeness (QED) is 0.712. The molecule has 3 N–H and O–H groups in total. The Balaban J connectivity index is 2.04. The van der Waals surface area contributed by atoms with Crippen LogP contribution in [0, 0.1) is 0 Å². The minimum Gasteiger partial charge on any atom is -0.323 e. The molecule has 112 valence electrons. The Labute approximate surface area is 128 Å². The zero-order valence-corrected chi connectivity index (χ0v) is 13.0. The van der Waals surface area contributed by atoms with E-state index in [1.54, 1.807) is 24.3 Å². The lowest BCUT2D eigenvalue weighted by Gasteiger charge is -2.20. The lowest BCUT2D eigenvalue weighted by atomic mass is 10.1. The molecule has 0 spiro atoms. The molecule has 0 aromatic heterocycles. The van der Waals surface area contributed by atoms with Crippen LogP contribution in [0.1, 0.15) is 16.9 Å². The van der Waals surface area contributed by atoms with Gasteiger partial charge in [-0.15, -0.1) is 0 Å². The van der Waals surface area contributed by atoms with Gasteiger partial charge < -0.3 is 9.79 Å². The summed E-state index contributed by atoms with van der Waals surface area (Å²) in [5.74, 6) is -1.02. The van der Waals surface area contributed by atoms with Crippen LogP contribution in [0.2, 0.25) is 5.02 Å². The predicted octanol–water partition coefficient (Wildman–Crippen LogP) is 3.35. The van der Waals surface area contributed by atoms with Crippen molar-refractivity contribution >= 4 is 19.2 Å². The van der Waals surface area contributed by atoms with Gasteiger partial charge in [-0.3, -0.25) is 9.88 Å². The highest BCUT2D eigenvalue weighted by atomic mass is 35.5. The van der Waals surface area contributed by atoms with Gasteiger partial charge in [0.15, 0.2) is 0 Å². The van der Waals surface area contributed by atoms with Gasteiger partial charge in [-0.05, 0) is 29.7 Å². The molecule has 0 amide bonds. The number of nitrogens with one attached hydrogen (secondary N) is 1. The van der Waals surface area contributed by atoms with Gasteiger partial charge in [-0.2, -0.15) is 0 Å². The molecule has 0 aliphatic rings. The topological polar surface area (TPSA) is 69.6 Å². The van der Waals surface area contributed by atoms with Crippen molar-refractivity contribution in [3.63, 3.8) is 0 Å². The molecule has 6 heteroatoms. The molecule has 4 nitrogen and oxygen atoms in total. The summed E-state index contributed by atoms with van der Waals surface area (Å²) in [6.07, 6.45) is 0.699. The van der Waals surface area contributed by atoms with E-state index in [0.717, 1.165) is 5.56 Å².